The normalized spacial score (nSPS) is 11.6. The van der Waals surface area contributed by atoms with Crippen LogP contribution in [0.4, 0.5) is 0 Å². The molecule has 0 saturated carbocycles. The van der Waals surface area contributed by atoms with Crippen molar-refractivity contribution in [1.29, 1.82) is 0 Å². The van der Waals surface area contributed by atoms with Crippen molar-refractivity contribution in [2.24, 2.45) is 0 Å². The van der Waals surface area contributed by atoms with Crippen molar-refractivity contribution in [3.8, 4) is 39.5 Å². The molecular formula is C27H24N6O2. The molecule has 6 aromatic rings. The smallest absolute Gasteiger partial charge is 0.138 e. The Morgan fingerprint density at radius 1 is 0.914 bits per heavy atom. The molecule has 0 saturated heterocycles. The molecular weight excluding hydrogens is 440 g/mol. The second kappa shape index (κ2) is 8.73. The van der Waals surface area contributed by atoms with Gasteiger partial charge in [0.15, 0.2) is 0 Å². The Labute approximate surface area is 201 Å². The van der Waals surface area contributed by atoms with Crippen LogP contribution in [0.15, 0.2) is 78.0 Å². The van der Waals surface area contributed by atoms with E-state index in [-0.39, 0.29) is 0 Å². The van der Waals surface area contributed by atoms with Gasteiger partial charge in [-0.1, -0.05) is 6.07 Å². The SMILES string of the molecule is CN(C)CCOc1cncc(-c2ccc3[nH]nc(-c4cc5c(-c6ccoc6)nccc5[nH]4)c3c2)c1. The molecule has 2 N–H and O–H groups in total. The summed E-state index contributed by atoms with van der Waals surface area (Å²) >= 11 is 0. The highest BCUT2D eigenvalue weighted by Crippen LogP contribution is 2.34. The highest BCUT2D eigenvalue weighted by Gasteiger charge is 2.15. The van der Waals surface area contributed by atoms with E-state index in [0.29, 0.717) is 6.61 Å². The van der Waals surface area contributed by atoms with Gasteiger partial charge in [-0.2, -0.15) is 5.10 Å². The van der Waals surface area contributed by atoms with E-state index >= 15 is 0 Å². The summed E-state index contributed by atoms with van der Waals surface area (Å²) in [6.45, 7) is 1.45. The third-order valence-electron chi connectivity index (χ3n) is 6.01. The van der Waals surface area contributed by atoms with Crippen LogP contribution in [-0.2, 0) is 0 Å². The number of aromatic amines is 2. The topological polar surface area (TPSA) is 95.9 Å². The summed E-state index contributed by atoms with van der Waals surface area (Å²) in [6, 6.07) is 14.2. The standard InChI is InChI=1S/C27H24N6O2/c1-33(2)8-10-35-20-11-19(14-28-15-20)17-3-4-24-21(12-17)27(32-31-24)25-13-22-23(30-25)5-7-29-26(22)18-6-9-34-16-18/h3-7,9,11-16,30H,8,10H2,1-2H3,(H,31,32). The second-order valence-corrected chi connectivity index (χ2v) is 8.71. The number of nitrogens with zero attached hydrogens (tertiary/aromatic N) is 4. The fourth-order valence-corrected chi connectivity index (χ4v) is 4.21. The van der Waals surface area contributed by atoms with E-state index in [0.717, 1.165) is 67.9 Å². The van der Waals surface area contributed by atoms with Gasteiger partial charge in [0.05, 0.1) is 35.6 Å². The number of fused-ring (bicyclic) bond motifs is 2. The largest absolute Gasteiger partial charge is 0.491 e. The average molecular weight is 465 g/mol. The predicted octanol–water partition coefficient (Wildman–Crippen LogP) is 5.37. The van der Waals surface area contributed by atoms with Gasteiger partial charge in [0.2, 0.25) is 0 Å². The minimum Gasteiger partial charge on any atom is -0.491 e. The zero-order valence-corrected chi connectivity index (χ0v) is 19.4. The molecule has 0 aliphatic carbocycles. The number of H-pyrrole nitrogens is 2. The van der Waals surface area contributed by atoms with Gasteiger partial charge in [-0.05, 0) is 56.1 Å². The highest BCUT2D eigenvalue weighted by molar-refractivity contribution is 6.00. The van der Waals surface area contributed by atoms with E-state index in [1.165, 1.54) is 0 Å². The van der Waals surface area contributed by atoms with Gasteiger partial charge in [0.25, 0.3) is 0 Å². The summed E-state index contributed by atoms with van der Waals surface area (Å²) in [6.07, 6.45) is 8.76. The maximum Gasteiger partial charge on any atom is 0.138 e. The number of aromatic nitrogens is 5. The zero-order valence-electron chi connectivity index (χ0n) is 19.4. The Bertz CT molecular complexity index is 1610. The molecule has 174 valence electrons. The number of nitrogens with one attached hydrogen (secondary N) is 2. The molecule has 6 rings (SSSR count). The first-order chi connectivity index (χ1) is 17.2. The van der Waals surface area contributed by atoms with Gasteiger partial charge in [-0.25, -0.2) is 0 Å². The van der Waals surface area contributed by atoms with E-state index in [1.807, 2.05) is 44.6 Å². The molecule has 0 amide bonds. The molecule has 0 radical (unpaired) electrons. The lowest BCUT2D eigenvalue weighted by molar-refractivity contribution is 0.261. The first-order valence-corrected chi connectivity index (χ1v) is 11.4. The molecule has 0 bridgehead atoms. The Balaban J connectivity index is 1.38. The number of hydrogen-bond acceptors (Lipinski definition) is 6. The van der Waals surface area contributed by atoms with Crippen LogP contribution < -0.4 is 4.74 Å². The number of furan rings is 1. The minimum atomic E-state index is 0.610. The van der Waals surface area contributed by atoms with Crippen LogP contribution in [0.25, 0.3) is 55.6 Å². The molecule has 0 aliphatic rings. The number of benzene rings is 1. The molecule has 0 atom stereocenters. The zero-order chi connectivity index (χ0) is 23.8. The van der Waals surface area contributed by atoms with Crippen LogP contribution in [-0.4, -0.2) is 57.3 Å². The van der Waals surface area contributed by atoms with E-state index < -0.39 is 0 Å². The number of ether oxygens (including phenoxy) is 1. The molecule has 8 heteroatoms. The van der Waals surface area contributed by atoms with Crippen molar-refractivity contribution in [1.82, 2.24) is 30.0 Å². The molecule has 8 nitrogen and oxygen atoms in total. The van der Waals surface area contributed by atoms with Gasteiger partial charge in [0, 0.05) is 46.4 Å². The molecule has 35 heavy (non-hydrogen) atoms. The van der Waals surface area contributed by atoms with Gasteiger partial charge in [-0.15, -0.1) is 0 Å². The molecule has 1 aromatic carbocycles. The monoisotopic (exact) mass is 464 g/mol. The maximum absolute atomic E-state index is 5.88. The highest BCUT2D eigenvalue weighted by atomic mass is 16.5. The Hall–Kier alpha value is -4.43. The predicted molar refractivity (Wildman–Crippen MR) is 136 cm³/mol. The fourth-order valence-electron chi connectivity index (χ4n) is 4.21. The molecule has 0 unspecified atom stereocenters. The number of pyridine rings is 2. The van der Waals surface area contributed by atoms with Gasteiger partial charge in [0.1, 0.15) is 18.1 Å². The van der Waals surface area contributed by atoms with E-state index in [9.17, 15) is 0 Å². The summed E-state index contributed by atoms with van der Waals surface area (Å²) < 4.78 is 11.1. The van der Waals surface area contributed by atoms with Crippen molar-refractivity contribution >= 4 is 21.8 Å². The molecule has 0 aliphatic heterocycles. The summed E-state index contributed by atoms with van der Waals surface area (Å²) in [5.41, 5.74) is 7.56. The third-order valence-corrected chi connectivity index (χ3v) is 6.01. The quantitative estimate of drug-likeness (QED) is 0.330. The van der Waals surface area contributed by atoms with Crippen LogP contribution in [0.1, 0.15) is 0 Å². The van der Waals surface area contributed by atoms with Crippen LogP contribution in [0.5, 0.6) is 5.75 Å². The summed E-state index contributed by atoms with van der Waals surface area (Å²) in [5, 5.41) is 9.81. The number of likely N-dealkylation sites (N-methyl/N-ethyl adjacent to an activating group) is 1. The first-order valence-electron chi connectivity index (χ1n) is 11.4. The molecule has 5 aromatic heterocycles. The van der Waals surface area contributed by atoms with E-state index in [4.69, 9.17) is 9.15 Å². The van der Waals surface area contributed by atoms with Crippen molar-refractivity contribution in [3.05, 3.63) is 73.6 Å². The van der Waals surface area contributed by atoms with Crippen LogP contribution in [0.3, 0.4) is 0 Å². The Morgan fingerprint density at radius 3 is 2.69 bits per heavy atom. The van der Waals surface area contributed by atoms with Gasteiger partial charge >= 0.3 is 0 Å². The van der Waals surface area contributed by atoms with E-state index in [1.54, 1.807) is 24.9 Å². The van der Waals surface area contributed by atoms with Crippen molar-refractivity contribution < 1.29 is 9.15 Å². The first kappa shape index (κ1) is 21.1. The molecule has 0 fully saturated rings. The Kier molecular flexibility index (Phi) is 5.27. The van der Waals surface area contributed by atoms with E-state index in [2.05, 4.69) is 48.2 Å². The Morgan fingerprint density at radius 2 is 1.83 bits per heavy atom. The number of hydrogen-bond donors (Lipinski definition) is 2. The second-order valence-electron chi connectivity index (χ2n) is 8.71. The summed E-state index contributed by atoms with van der Waals surface area (Å²) in [4.78, 5) is 14.5. The molecule has 5 heterocycles. The summed E-state index contributed by atoms with van der Waals surface area (Å²) in [5.74, 6) is 0.756. The summed E-state index contributed by atoms with van der Waals surface area (Å²) in [7, 11) is 4.05. The lowest BCUT2D eigenvalue weighted by Gasteiger charge is -2.11. The van der Waals surface area contributed by atoms with Crippen molar-refractivity contribution in [2.45, 2.75) is 0 Å². The number of rotatable bonds is 7. The molecule has 0 spiro atoms. The van der Waals surface area contributed by atoms with Crippen LogP contribution in [0.2, 0.25) is 0 Å². The third kappa shape index (κ3) is 4.04. The van der Waals surface area contributed by atoms with Crippen LogP contribution >= 0.6 is 0 Å². The minimum absolute atomic E-state index is 0.610. The lowest BCUT2D eigenvalue weighted by Crippen LogP contribution is -2.19. The van der Waals surface area contributed by atoms with Crippen molar-refractivity contribution in [3.63, 3.8) is 0 Å². The van der Waals surface area contributed by atoms with Crippen molar-refractivity contribution in [2.75, 3.05) is 27.2 Å². The fraction of sp³-hybridized carbons (Fsp3) is 0.148. The van der Waals surface area contributed by atoms with Crippen LogP contribution in [0, 0.1) is 0 Å². The average Bonchev–Trinajstić information content (AvgIpc) is 3.62. The van der Waals surface area contributed by atoms with Gasteiger partial charge < -0.3 is 19.0 Å². The lowest BCUT2D eigenvalue weighted by atomic mass is 10.0. The maximum atomic E-state index is 5.88. The van der Waals surface area contributed by atoms with Gasteiger partial charge in [-0.3, -0.25) is 15.1 Å².